The van der Waals surface area contributed by atoms with Crippen LogP contribution >= 0.6 is 0 Å². The van der Waals surface area contributed by atoms with Gasteiger partial charge in [0.1, 0.15) is 0 Å². The molecule has 0 unspecified atom stereocenters. The third-order valence-electron chi connectivity index (χ3n) is 0. The quantitative estimate of drug-likeness (QED) is 0.281. The van der Waals surface area contributed by atoms with Gasteiger partial charge in [-0.05, 0) is 0 Å². The van der Waals surface area contributed by atoms with Crippen LogP contribution in [0.25, 0.3) is 0 Å². The van der Waals surface area contributed by atoms with E-state index in [0.29, 0.717) is 0 Å². The van der Waals surface area contributed by atoms with Gasteiger partial charge in [0, 0.05) is 20.4 Å². The Kier molecular flexibility index (Phi) is 68.0. The van der Waals surface area contributed by atoms with Crippen LogP contribution in [0.1, 0.15) is 0 Å². The van der Waals surface area contributed by atoms with Crippen molar-refractivity contribution in [3.05, 3.63) is 20.2 Å². The van der Waals surface area contributed by atoms with Crippen LogP contribution in [0.15, 0.2) is 0 Å². The van der Waals surface area contributed by atoms with Crippen LogP contribution in [0.5, 0.6) is 0 Å². The Morgan fingerprint density at radius 1 is 0.909 bits per heavy atom. The van der Waals surface area contributed by atoms with Crippen LogP contribution in [0.3, 0.4) is 0 Å². The van der Waals surface area contributed by atoms with Gasteiger partial charge in [-0.25, -0.2) is 0 Å². The molecule has 0 aromatic carbocycles. The monoisotopic (exact) mass is 268 g/mol. The van der Waals surface area contributed by atoms with Crippen molar-refractivity contribution in [1.82, 2.24) is 0 Å². The van der Waals surface area contributed by atoms with Crippen LogP contribution in [0, 0.1) is 20.2 Å². The Morgan fingerprint density at radius 2 is 0.909 bits per heavy atom. The predicted molar refractivity (Wildman–Crippen MR) is 24.8 cm³/mol. The molecule has 0 fully saturated rings. The summed E-state index contributed by atoms with van der Waals surface area (Å²) < 4.78 is 0. The molecule has 0 aliphatic carbocycles. The van der Waals surface area contributed by atoms with E-state index in [0.717, 1.165) is 0 Å². The van der Waals surface area contributed by atoms with Crippen molar-refractivity contribution >= 4 is 0 Å². The van der Waals surface area contributed by atoms with Crippen molar-refractivity contribution < 1.29 is 52.0 Å². The Morgan fingerprint density at radius 3 is 0.909 bits per heavy atom. The maximum Gasteiger partial charge on any atom is 0.291 e. The first-order valence-electron chi connectivity index (χ1n) is 1.13. The van der Waals surface area contributed by atoms with E-state index in [2.05, 4.69) is 0 Å². The van der Waals surface area contributed by atoms with Gasteiger partial charge in [0.25, 0.3) is 10.2 Å². The van der Waals surface area contributed by atoms with Gasteiger partial charge in [-0.1, -0.05) is 0 Å². The van der Waals surface area contributed by atoms with Gasteiger partial charge in [0.15, 0.2) is 0 Å². The number of hydrogen-bond acceptors (Lipinski definition) is 4. The van der Waals surface area contributed by atoms with E-state index in [4.69, 9.17) is 30.6 Å². The first-order valence-corrected chi connectivity index (χ1v) is 1.13. The van der Waals surface area contributed by atoms with Crippen LogP contribution < -0.4 is 0 Å². The summed E-state index contributed by atoms with van der Waals surface area (Å²) in [5.41, 5.74) is 0. The molecule has 0 radical (unpaired) electrons. The largest absolute Gasteiger partial charge is 0.412 e. The van der Waals surface area contributed by atoms with Crippen molar-refractivity contribution in [2.45, 2.75) is 0 Å². The first kappa shape index (κ1) is 32.4. The third kappa shape index (κ3) is 423. The average Bonchev–Trinajstić information content (AvgIpc) is 1.25. The molecule has 0 heterocycles. The van der Waals surface area contributed by atoms with Crippen LogP contribution in [0.2, 0.25) is 0 Å². The Labute approximate surface area is 72.9 Å². The molecule has 0 spiro atoms. The molecule has 0 aromatic rings. The molecule has 0 amide bonds. The Balaban J connectivity index is -0.0000000171. The zero-order chi connectivity index (χ0) is 7.15. The molecule has 0 rings (SSSR count). The average molecular weight is 268 g/mol. The summed E-state index contributed by atoms with van der Waals surface area (Å²) in [4.78, 5) is 16.7. The number of rotatable bonds is 0. The van der Waals surface area contributed by atoms with E-state index < -0.39 is 10.2 Å². The zero-order valence-electron chi connectivity index (χ0n) is 4.74. The predicted octanol–water partition coefficient (Wildman–Crippen LogP) is -2.35. The molecule has 0 aliphatic heterocycles. The van der Waals surface area contributed by atoms with Gasteiger partial charge < -0.3 is 21.4 Å². The van der Waals surface area contributed by atoms with Crippen LogP contribution in [-0.2, 0) is 20.4 Å². The van der Waals surface area contributed by atoms with Crippen molar-refractivity contribution in [3.63, 3.8) is 0 Å². The molecule has 0 atom stereocenters. The fourth-order valence-corrected chi connectivity index (χ4v) is 0. The third-order valence-corrected chi connectivity index (χ3v) is 0. The summed E-state index contributed by atoms with van der Waals surface area (Å²) >= 11 is 0. The second-order valence-electron chi connectivity index (χ2n) is 0.476. The van der Waals surface area contributed by atoms with E-state index in [-0.39, 0.29) is 31.4 Å². The molecule has 0 aliphatic rings. The van der Waals surface area contributed by atoms with E-state index in [1.165, 1.54) is 0 Å². The van der Waals surface area contributed by atoms with Crippen molar-refractivity contribution in [2.75, 3.05) is 0 Å². The molecule has 0 saturated heterocycles. The van der Waals surface area contributed by atoms with Crippen LogP contribution in [0.4, 0.5) is 0 Å². The standard InChI is InChI=1S/2HNO3.2H2O.Pd/c2*2-1(3)4;;;/h2*(H,2,3,4);2*1H2;. The van der Waals surface area contributed by atoms with Gasteiger partial charge >= 0.3 is 0 Å². The normalized spacial score (nSPS) is 4.36. The summed E-state index contributed by atoms with van der Waals surface area (Å²) in [5.74, 6) is 0. The molecule has 0 saturated carbocycles. The van der Waals surface area contributed by atoms with E-state index in [9.17, 15) is 0 Å². The van der Waals surface area contributed by atoms with Crippen LogP contribution in [-0.4, -0.2) is 31.5 Å². The Hall–Kier alpha value is -1.02. The fourth-order valence-electron chi connectivity index (χ4n) is 0. The second kappa shape index (κ2) is 23.1. The Bertz CT molecular complexity index is 70.1. The van der Waals surface area contributed by atoms with E-state index in [1.807, 2.05) is 0 Å². The fraction of sp³-hybridized carbons (Fsp3) is 0. The minimum atomic E-state index is -1.50. The maximum absolute atomic E-state index is 8.36. The minimum Gasteiger partial charge on any atom is -0.412 e. The molecule has 74 valence electrons. The van der Waals surface area contributed by atoms with Gasteiger partial charge in [0.2, 0.25) is 0 Å². The van der Waals surface area contributed by atoms with E-state index in [1.54, 1.807) is 0 Å². The molecular weight excluding hydrogens is 262 g/mol. The molecule has 6 N–H and O–H groups in total. The van der Waals surface area contributed by atoms with Crippen molar-refractivity contribution in [3.8, 4) is 0 Å². The van der Waals surface area contributed by atoms with Gasteiger partial charge in [-0.15, -0.1) is 20.2 Å². The van der Waals surface area contributed by atoms with Gasteiger partial charge in [-0.2, -0.15) is 0 Å². The van der Waals surface area contributed by atoms with Crippen molar-refractivity contribution in [2.24, 2.45) is 0 Å². The summed E-state index contributed by atoms with van der Waals surface area (Å²) in [6.45, 7) is 0. The summed E-state index contributed by atoms with van der Waals surface area (Å²) in [6, 6.07) is 0. The molecular formula is H6N2O8Pd. The summed E-state index contributed by atoms with van der Waals surface area (Å²) in [7, 11) is 0. The molecule has 0 aromatic heterocycles. The first-order chi connectivity index (χ1) is 3.46. The molecule has 11 heavy (non-hydrogen) atoms. The number of hydrogen-bond donors (Lipinski definition) is 2. The topological polar surface area (TPSA) is 190 Å². The number of nitrogens with zero attached hydrogens (tertiary/aromatic N) is 2. The summed E-state index contributed by atoms with van der Waals surface area (Å²) in [6.07, 6.45) is 0. The smallest absolute Gasteiger partial charge is 0.291 e. The molecule has 10 nitrogen and oxygen atoms in total. The van der Waals surface area contributed by atoms with Gasteiger partial charge in [0.05, 0.1) is 0 Å². The minimum absolute atomic E-state index is 0. The summed E-state index contributed by atoms with van der Waals surface area (Å²) in [5, 5.41) is 27.3. The SMILES string of the molecule is O.O.O=[N+]([O-])O.O=[N+]([O-])O.[Pd]. The molecule has 0 bridgehead atoms. The van der Waals surface area contributed by atoms with Gasteiger partial charge in [-0.3, -0.25) is 0 Å². The second-order valence-corrected chi connectivity index (χ2v) is 0.476. The van der Waals surface area contributed by atoms with Crippen molar-refractivity contribution in [1.29, 1.82) is 0 Å². The zero-order valence-corrected chi connectivity index (χ0v) is 6.29. The van der Waals surface area contributed by atoms with E-state index >= 15 is 0 Å². The molecule has 11 heteroatoms. The maximum atomic E-state index is 8.36.